The lowest BCUT2D eigenvalue weighted by Gasteiger charge is -2.12. The van der Waals surface area contributed by atoms with Crippen LogP contribution in [-0.2, 0) is 4.79 Å². The zero-order valence-corrected chi connectivity index (χ0v) is 17.8. The Morgan fingerprint density at radius 2 is 1.73 bits per heavy atom. The number of nitrogens with one attached hydrogen (secondary N) is 1. The second-order valence-electron chi connectivity index (χ2n) is 7.39. The van der Waals surface area contributed by atoms with Crippen LogP contribution < -0.4 is 5.32 Å². The number of benzene rings is 2. The summed E-state index contributed by atoms with van der Waals surface area (Å²) in [4.78, 5) is 17.0. The molecule has 1 amide bonds. The number of carbonyl (C=O) groups excluding carboxylic acids is 1. The summed E-state index contributed by atoms with van der Waals surface area (Å²) < 4.78 is 6.07. The van der Waals surface area contributed by atoms with Gasteiger partial charge < -0.3 is 9.73 Å². The van der Waals surface area contributed by atoms with Gasteiger partial charge in [-0.25, -0.2) is 4.98 Å². The van der Waals surface area contributed by atoms with Crippen LogP contribution in [0.1, 0.15) is 32.1 Å². The first-order valence-electron chi connectivity index (χ1n) is 10.5. The van der Waals surface area contributed by atoms with Gasteiger partial charge in [-0.2, -0.15) is 0 Å². The standard InChI is InChI=1S/C25H26N2O2S/c28-22(26-17-16-19-10-4-1-5-11-19)18-30-25-27-23(20-12-6-2-7-13-20)24(29-25)21-14-8-3-9-15-21/h2-3,6-10,12-15H,1,4-5,11,16-18H2,(H,26,28). The van der Waals surface area contributed by atoms with E-state index in [2.05, 4.69) is 16.4 Å². The van der Waals surface area contributed by atoms with E-state index in [1.54, 1.807) is 0 Å². The van der Waals surface area contributed by atoms with E-state index in [1.807, 2.05) is 60.7 Å². The maximum atomic E-state index is 12.3. The van der Waals surface area contributed by atoms with Gasteiger partial charge in [0.2, 0.25) is 5.91 Å². The van der Waals surface area contributed by atoms with Gasteiger partial charge in [-0.05, 0) is 32.1 Å². The molecule has 30 heavy (non-hydrogen) atoms. The highest BCUT2D eigenvalue weighted by Crippen LogP contribution is 2.35. The van der Waals surface area contributed by atoms with Crippen molar-refractivity contribution in [2.45, 2.75) is 37.3 Å². The van der Waals surface area contributed by atoms with Gasteiger partial charge in [-0.15, -0.1) is 0 Å². The summed E-state index contributed by atoms with van der Waals surface area (Å²) in [6.45, 7) is 0.696. The molecule has 0 saturated heterocycles. The molecule has 4 nitrogen and oxygen atoms in total. The van der Waals surface area contributed by atoms with E-state index < -0.39 is 0 Å². The van der Waals surface area contributed by atoms with Crippen molar-refractivity contribution in [3.63, 3.8) is 0 Å². The van der Waals surface area contributed by atoms with Crippen LogP contribution in [0.5, 0.6) is 0 Å². The average molecular weight is 419 g/mol. The van der Waals surface area contributed by atoms with Crippen molar-refractivity contribution < 1.29 is 9.21 Å². The Labute approximate surface area is 181 Å². The molecule has 1 aliphatic rings. The molecule has 4 rings (SSSR count). The summed E-state index contributed by atoms with van der Waals surface area (Å²) in [5.41, 5.74) is 4.24. The van der Waals surface area contributed by atoms with E-state index in [0.29, 0.717) is 17.5 Å². The van der Waals surface area contributed by atoms with Gasteiger partial charge in [0.05, 0.1) is 5.75 Å². The van der Waals surface area contributed by atoms with Crippen LogP contribution >= 0.6 is 11.8 Å². The number of allylic oxidation sites excluding steroid dienone is 1. The van der Waals surface area contributed by atoms with Crippen molar-refractivity contribution in [1.29, 1.82) is 0 Å². The minimum Gasteiger partial charge on any atom is -0.431 e. The first-order valence-corrected chi connectivity index (χ1v) is 11.5. The molecule has 1 aliphatic carbocycles. The molecule has 2 aromatic carbocycles. The van der Waals surface area contributed by atoms with Crippen molar-refractivity contribution in [3.8, 4) is 22.6 Å². The summed E-state index contributed by atoms with van der Waals surface area (Å²) in [7, 11) is 0. The molecule has 3 aromatic rings. The number of hydrogen-bond donors (Lipinski definition) is 1. The summed E-state index contributed by atoms with van der Waals surface area (Å²) in [6.07, 6.45) is 8.19. The largest absolute Gasteiger partial charge is 0.431 e. The maximum Gasteiger partial charge on any atom is 0.257 e. The van der Waals surface area contributed by atoms with Gasteiger partial charge in [-0.1, -0.05) is 84.1 Å². The Hall–Kier alpha value is -2.79. The van der Waals surface area contributed by atoms with Crippen molar-refractivity contribution in [2.24, 2.45) is 0 Å². The van der Waals surface area contributed by atoms with Gasteiger partial charge in [-0.3, -0.25) is 4.79 Å². The Bertz CT molecular complexity index is 940. The quantitative estimate of drug-likeness (QED) is 0.354. The van der Waals surface area contributed by atoms with Crippen LogP contribution in [0.3, 0.4) is 0 Å². The number of aromatic nitrogens is 1. The van der Waals surface area contributed by atoms with Gasteiger partial charge >= 0.3 is 0 Å². The topological polar surface area (TPSA) is 55.1 Å². The van der Waals surface area contributed by atoms with Crippen LogP contribution in [0, 0.1) is 0 Å². The molecule has 0 aliphatic heterocycles. The predicted octanol–water partition coefficient (Wildman–Crippen LogP) is 6.11. The Balaban J connectivity index is 1.40. The van der Waals surface area contributed by atoms with E-state index in [0.717, 1.165) is 29.0 Å². The van der Waals surface area contributed by atoms with Crippen molar-refractivity contribution in [3.05, 3.63) is 72.3 Å². The summed E-state index contributed by atoms with van der Waals surface area (Å²) in [5, 5.41) is 3.53. The van der Waals surface area contributed by atoms with Crippen LogP contribution in [-0.4, -0.2) is 23.2 Å². The molecule has 0 saturated carbocycles. The van der Waals surface area contributed by atoms with Gasteiger partial charge in [0.1, 0.15) is 5.69 Å². The minimum atomic E-state index is 0.0112. The van der Waals surface area contributed by atoms with Gasteiger partial charge in [0.25, 0.3) is 5.22 Å². The highest BCUT2D eigenvalue weighted by atomic mass is 32.2. The molecule has 0 spiro atoms. The number of rotatable bonds is 8. The molecular formula is C25H26N2O2S. The number of nitrogens with zero attached hydrogens (tertiary/aromatic N) is 1. The molecule has 0 atom stereocenters. The zero-order chi connectivity index (χ0) is 20.6. The van der Waals surface area contributed by atoms with E-state index in [1.165, 1.54) is 43.0 Å². The molecule has 5 heteroatoms. The lowest BCUT2D eigenvalue weighted by Crippen LogP contribution is -2.26. The van der Waals surface area contributed by atoms with Gasteiger partial charge in [0, 0.05) is 17.7 Å². The van der Waals surface area contributed by atoms with Crippen LogP contribution in [0.2, 0.25) is 0 Å². The lowest BCUT2D eigenvalue weighted by atomic mass is 9.97. The summed E-state index contributed by atoms with van der Waals surface area (Å²) in [6, 6.07) is 19.9. The predicted molar refractivity (Wildman–Crippen MR) is 122 cm³/mol. The summed E-state index contributed by atoms with van der Waals surface area (Å²) >= 11 is 1.33. The monoisotopic (exact) mass is 418 g/mol. The molecule has 0 bridgehead atoms. The van der Waals surface area contributed by atoms with Gasteiger partial charge in [0.15, 0.2) is 5.76 Å². The molecule has 1 heterocycles. The molecule has 0 unspecified atom stereocenters. The molecule has 0 radical (unpaired) electrons. The Kier molecular flexibility index (Phi) is 7.03. The smallest absolute Gasteiger partial charge is 0.257 e. The van der Waals surface area contributed by atoms with E-state index in [9.17, 15) is 4.79 Å². The number of oxazole rings is 1. The number of hydrogen-bond acceptors (Lipinski definition) is 4. The van der Waals surface area contributed by atoms with E-state index >= 15 is 0 Å². The number of amides is 1. The molecule has 0 fully saturated rings. The fourth-order valence-corrected chi connectivity index (χ4v) is 4.27. The fourth-order valence-electron chi connectivity index (χ4n) is 3.61. The highest BCUT2D eigenvalue weighted by Gasteiger charge is 2.18. The van der Waals surface area contributed by atoms with Crippen LogP contribution in [0.25, 0.3) is 22.6 Å². The van der Waals surface area contributed by atoms with E-state index in [4.69, 9.17) is 4.42 Å². The second kappa shape index (κ2) is 10.3. The Morgan fingerprint density at radius 3 is 2.43 bits per heavy atom. The number of carbonyl (C=O) groups is 1. The molecule has 1 N–H and O–H groups in total. The van der Waals surface area contributed by atoms with E-state index in [-0.39, 0.29) is 5.91 Å². The Morgan fingerprint density at radius 1 is 1.00 bits per heavy atom. The normalized spacial score (nSPS) is 13.7. The zero-order valence-electron chi connectivity index (χ0n) is 17.0. The van der Waals surface area contributed by atoms with Crippen molar-refractivity contribution in [1.82, 2.24) is 10.3 Å². The number of thioether (sulfide) groups is 1. The van der Waals surface area contributed by atoms with Crippen molar-refractivity contribution >= 4 is 17.7 Å². The van der Waals surface area contributed by atoms with Crippen molar-refractivity contribution in [2.75, 3.05) is 12.3 Å². The summed E-state index contributed by atoms with van der Waals surface area (Å²) in [5.74, 6) is 1.04. The third-order valence-corrected chi connectivity index (χ3v) is 6.00. The lowest BCUT2D eigenvalue weighted by molar-refractivity contribution is -0.118. The average Bonchev–Trinajstić information content (AvgIpc) is 3.24. The third-order valence-electron chi connectivity index (χ3n) is 5.17. The second-order valence-corrected chi connectivity index (χ2v) is 8.31. The molecule has 1 aromatic heterocycles. The maximum absolute atomic E-state index is 12.3. The van der Waals surface area contributed by atoms with Crippen LogP contribution in [0.4, 0.5) is 0 Å². The fraction of sp³-hybridized carbons (Fsp3) is 0.280. The van der Waals surface area contributed by atoms with Crippen LogP contribution in [0.15, 0.2) is 82.0 Å². The first kappa shape index (κ1) is 20.5. The molecule has 154 valence electrons. The third kappa shape index (κ3) is 5.42. The highest BCUT2D eigenvalue weighted by molar-refractivity contribution is 7.99. The first-order chi connectivity index (χ1) is 14.8. The SMILES string of the molecule is O=C(CSc1nc(-c2ccccc2)c(-c2ccccc2)o1)NCCC1=CCCCC1. The minimum absolute atomic E-state index is 0.0112. The molecular weight excluding hydrogens is 392 g/mol.